The Labute approximate surface area is 143 Å². The highest BCUT2D eigenvalue weighted by molar-refractivity contribution is 5.76. The number of unbranched alkanes of at least 4 members (excludes halogenated alkanes) is 2. The van der Waals surface area contributed by atoms with E-state index in [9.17, 15) is 9.59 Å². The summed E-state index contributed by atoms with van der Waals surface area (Å²) in [6.07, 6.45) is 5.81. The monoisotopic (exact) mass is 334 g/mol. The lowest BCUT2D eigenvalue weighted by atomic mass is 10.1. The molecule has 0 bridgehead atoms. The van der Waals surface area contributed by atoms with Crippen molar-refractivity contribution in [3.8, 4) is 0 Å². The number of ether oxygens (including phenoxy) is 3. The van der Waals surface area contributed by atoms with Crippen LogP contribution in [-0.2, 0) is 23.8 Å². The highest BCUT2D eigenvalue weighted by Crippen LogP contribution is 2.05. The summed E-state index contributed by atoms with van der Waals surface area (Å²) in [7, 11) is 1.62. The van der Waals surface area contributed by atoms with Gasteiger partial charge in [0.2, 0.25) is 0 Å². The minimum atomic E-state index is 0.0342. The second kappa shape index (κ2) is 26.1. The van der Waals surface area contributed by atoms with E-state index in [-0.39, 0.29) is 18.3 Å². The number of carbonyl (C=O) groups is 2. The zero-order valence-electron chi connectivity index (χ0n) is 16.1. The molecule has 23 heavy (non-hydrogen) atoms. The predicted molar refractivity (Wildman–Crippen MR) is 94.9 cm³/mol. The molecule has 5 heteroatoms. The summed E-state index contributed by atoms with van der Waals surface area (Å²) in [5, 5.41) is 0. The smallest absolute Gasteiger partial charge is 0.155 e. The first-order valence-electron chi connectivity index (χ1n) is 8.67. The summed E-state index contributed by atoms with van der Waals surface area (Å²) in [4.78, 5) is 20.5. The Morgan fingerprint density at radius 3 is 2.09 bits per heavy atom. The standard InChI is InChI=1S/C8H16O4.C8H16O.C2H6/c1-8(9)7-12-6-5-11-4-3-10-2;1-3-4-5-6-8(2)7-9;1-2/h3-7H2,1-2H3;7-8H,3-6H2,1-2H3;1-2H3. The van der Waals surface area contributed by atoms with E-state index in [4.69, 9.17) is 14.2 Å². The van der Waals surface area contributed by atoms with Crippen molar-refractivity contribution >= 4 is 12.1 Å². The fraction of sp³-hybridized carbons (Fsp3) is 0.889. The minimum absolute atomic E-state index is 0.0342. The molecule has 0 saturated heterocycles. The number of aldehydes is 1. The van der Waals surface area contributed by atoms with Gasteiger partial charge in [0.05, 0.1) is 26.4 Å². The molecular weight excluding hydrogens is 296 g/mol. The van der Waals surface area contributed by atoms with E-state index in [1.54, 1.807) is 7.11 Å². The van der Waals surface area contributed by atoms with Gasteiger partial charge < -0.3 is 19.0 Å². The molecule has 0 amide bonds. The van der Waals surface area contributed by atoms with Gasteiger partial charge in [0.1, 0.15) is 12.9 Å². The van der Waals surface area contributed by atoms with E-state index in [2.05, 4.69) is 6.92 Å². The van der Waals surface area contributed by atoms with E-state index < -0.39 is 0 Å². The molecule has 0 radical (unpaired) electrons. The second-order valence-electron chi connectivity index (χ2n) is 4.97. The van der Waals surface area contributed by atoms with Crippen molar-refractivity contribution in [2.75, 3.05) is 40.1 Å². The van der Waals surface area contributed by atoms with Gasteiger partial charge in [-0.3, -0.25) is 4.79 Å². The first-order chi connectivity index (χ1) is 11.1. The topological polar surface area (TPSA) is 61.8 Å². The molecule has 0 saturated carbocycles. The lowest BCUT2D eigenvalue weighted by molar-refractivity contribution is -0.122. The average Bonchev–Trinajstić information content (AvgIpc) is 2.56. The van der Waals surface area contributed by atoms with Crippen molar-refractivity contribution < 1.29 is 23.8 Å². The Balaban J connectivity index is -0.000000324. The van der Waals surface area contributed by atoms with Crippen LogP contribution in [0.4, 0.5) is 0 Å². The van der Waals surface area contributed by atoms with Gasteiger partial charge in [0.25, 0.3) is 0 Å². The molecule has 0 fully saturated rings. The Kier molecular flexibility index (Phi) is 30.8. The van der Waals surface area contributed by atoms with Crippen molar-refractivity contribution in [3.05, 3.63) is 0 Å². The van der Waals surface area contributed by atoms with Gasteiger partial charge in [-0.2, -0.15) is 0 Å². The van der Waals surface area contributed by atoms with E-state index in [0.717, 1.165) is 12.7 Å². The fourth-order valence-corrected chi connectivity index (χ4v) is 1.36. The van der Waals surface area contributed by atoms with Gasteiger partial charge in [0.15, 0.2) is 5.78 Å². The van der Waals surface area contributed by atoms with Crippen molar-refractivity contribution in [1.29, 1.82) is 0 Å². The Morgan fingerprint density at radius 2 is 1.61 bits per heavy atom. The molecule has 0 aliphatic carbocycles. The number of Topliss-reactive ketones (excluding diaryl/α,β-unsaturated/α-hetero) is 1. The Bertz CT molecular complexity index is 231. The highest BCUT2D eigenvalue weighted by atomic mass is 16.5. The molecule has 0 N–H and O–H groups in total. The maximum Gasteiger partial charge on any atom is 0.155 e. The summed E-state index contributed by atoms with van der Waals surface area (Å²) >= 11 is 0. The maximum absolute atomic E-state index is 10.4. The Morgan fingerprint density at radius 1 is 1.04 bits per heavy atom. The molecule has 0 aromatic rings. The second-order valence-corrected chi connectivity index (χ2v) is 4.97. The minimum Gasteiger partial charge on any atom is -0.382 e. The zero-order valence-corrected chi connectivity index (χ0v) is 16.1. The van der Waals surface area contributed by atoms with Crippen molar-refractivity contribution in [3.63, 3.8) is 0 Å². The van der Waals surface area contributed by atoms with Gasteiger partial charge in [-0.25, -0.2) is 0 Å². The summed E-state index contributed by atoms with van der Waals surface area (Å²) in [6, 6.07) is 0. The normalized spacial score (nSPS) is 10.7. The number of carbonyl (C=O) groups excluding carboxylic acids is 2. The lowest BCUT2D eigenvalue weighted by Crippen LogP contribution is -2.11. The third-order valence-electron chi connectivity index (χ3n) is 2.60. The molecule has 0 aromatic carbocycles. The van der Waals surface area contributed by atoms with Crippen LogP contribution in [-0.4, -0.2) is 52.2 Å². The highest BCUT2D eigenvalue weighted by Gasteiger charge is 1.96. The first-order valence-corrected chi connectivity index (χ1v) is 8.67. The maximum atomic E-state index is 10.4. The number of methoxy groups -OCH3 is 1. The molecule has 5 nitrogen and oxygen atoms in total. The third kappa shape index (κ3) is 33.8. The van der Waals surface area contributed by atoms with E-state index in [0.29, 0.717) is 26.4 Å². The molecule has 0 heterocycles. The molecule has 1 atom stereocenters. The van der Waals surface area contributed by atoms with Crippen LogP contribution >= 0.6 is 0 Å². The van der Waals surface area contributed by atoms with Gasteiger partial charge >= 0.3 is 0 Å². The van der Waals surface area contributed by atoms with Crippen molar-refractivity contribution in [2.24, 2.45) is 5.92 Å². The van der Waals surface area contributed by atoms with Crippen molar-refractivity contribution in [1.82, 2.24) is 0 Å². The SMILES string of the molecule is CC.CCCCCC(C)C=O.COCCOCCOCC(C)=O. The van der Waals surface area contributed by atoms with Crippen LogP contribution in [0.15, 0.2) is 0 Å². The molecule has 0 aliphatic heterocycles. The van der Waals surface area contributed by atoms with E-state index in [1.165, 1.54) is 26.2 Å². The zero-order chi connectivity index (χ0) is 18.3. The Hall–Kier alpha value is -0.780. The predicted octanol–water partition coefficient (Wildman–Crippen LogP) is 3.68. The molecule has 0 aliphatic rings. The van der Waals surface area contributed by atoms with Crippen LogP contribution in [0.25, 0.3) is 0 Å². The van der Waals surface area contributed by atoms with Gasteiger partial charge in [0, 0.05) is 13.0 Å². The molecule has 1 unspecified atom stereocenters. The third-order valence-corrected chi connectivity index (χ3v) is 2.60. The largest absolute Gasteiger partial charge is 0.382 e. The lowest BCUT2D eigenvalue weighted by Gasteiger charge is -2.03. The summed E-state index contributed by atoms with van der Waals surface area (Å²) < 4.78 is 14.8. The first kappa shape index (κ1) is 27.1. The van der Waals surface area contributed by atoms with Crippen LogP contribution in [0.1, 0.15) is 60.3 Å². The number of hydrogen-bond acceptors (Lipinski definition) is 5. The number of rotatable bonds is 13. The summed E-state index contributed by atoms with van der Waals surface area (Å²) in [5.41, 5.74) is 0. The van der Waals surface area contributed by atoms with Crippen LogP contribution in [0.2, 0.25) is 0 Å². The van der Waals surface area contributed by atoms with Crippen LogP contribution in [0.5, 0.6) is 0 Å². The quantitative estimate of drug-likeness (QED) is 0.380. The number of hydrogen-bond donors (Lipinski definition) is 0. The molecular formula is C18H38O5. The van der Waals surface area contributed by atoms with E-state index >= 15 is 0 Å². The fourth-order valence-electron chi connectivity index (χ4n) is 1.36. The summed E-state index contributed by atoms with van der Waals surface area (Å²) in [6.45, 7) is 11.9. The van der Waals surface area contributed by atoms with Crippen molar-refractivity contribution in [2.45, 2.75) is 60.3 Å². The van der Waals surface area contributed by atoms with Crippen LogP contribution < -0.4 is 0 Å². The molecule has 0 spiro atoms. The average molecular weight is 334 g/mol. The molecule has 0 rings (SSSR count). The van der Waals surface area contributed by atoms with Crippen LogP contribution in [0.3, 0.4) is 0 Å². The molecule has 0 aromatic heterocycles. The number of ketones is 1. The van der Waals surface area contributed by atoms with Gasteiger partial charge in [-0.05, 0) is 13.3 Å². The van der Waals surface area contributed by atoms with E-state index in [1.807, 2.05) is 20.8 Å². The van der Waals surface area contributed by atoms with Gasteiger partial charge in [-0.15, -0.1) is 0 Å². The molecule has 140 valence electrons. The van der Waals surface area contributed by atoms with Crippen LogP contribution in [0, 0.1) is 5.92 Å². The van der Waals surface area contributed by atoms with Gasteiger partial charge in [-0.1, -0.05) is 47.0 Å². The summed E-state index contributed by atoms with van der Waals surface area (Å²) in [5.74, 6) is 0.309.